The molecule has 1 saturated heterocycles. The number of nitrogens with two attached hydrogens (primary N) is 1. The van der Waals surface area contributed by atoms with Gasteiger partial charge >= 0.3 is 5.97 Å². The van der Waals surface area contributed by atoms with E-state index in [9.17, 15) is 4.79 Å². The molecule has 1 aliphatic heterocycles. The molecule has 0 amide bonds. The zero-order valence-electron chi connectivity index (χ0n) is 26.7. The van der Waals surface area contributed by atoms with Crippen LogP contribution in [0.25, 0.3) is 0 Å². The highest BCUT2D eigenvalue weighted by Gasteiger charge is 2.49. The molecule has 0 aromatic heterocycles. The van der Waals surface area contributed by atoms with Crippen molar-refractivity contribution in [2.45, 2.75) is 63.9 Å². The van der Waals surface area contributed by atoms with Crippen LogP contribution in [0.5, 0.6) is 0 Å². The van der Waals surface area contributed by atoms with Crippen LogP contribution >= 0.6 is 0 Å². The van der Waals surface area contributed by atoms with Crippen molar-refractivity contribution < 1.29 is 33.2 Å². The van der Waals surface area contributed by atoms with Gasteiger partial charge in [0.1, 0.15) is 30.5 Å². The molecule has 4 aromatic carbocycles. The van der Waals surface area contributed by atoms with E-state index in [1.807, 2.05) is 121 Å². The number of benzene rings is 4. The molecule has 0 spiro atoms. The van der Waals surface area contributed by atoms with Crippen LogP contribution in [0.3, 0.4) is 0 Å². The molecular weight excluding hydrogens is 594 g/mol. The Balaban J connectivity index is 1.48. The summed E-state index contributed by atoms with van der Waals surface area (Å²) < 4.78 is 38.1. The van der Waals surface area contributed by atoms with Crippen molar-refractivity contribution in [1.29, 1.82) is 0 Å². The van der Waals surface area contributed by atoms with Crippen LogP contribution in [0.4, 0.5) is 0 Å². The third-order valence-corrected chi connectivity index (χ3v) is 7.78. The molecule has 1 aliphatic rings. The van der Waals surface area contributed by atoms with Crippen LogP contribution in [0, 0.1) is 0 Å². The molecule has 0 saturated carbocycles. The predicted molar refractivity (Wildman–Crippen MR) is 179 cm³/mol. The van der Waals surface area contributed by atoms with Gasteiger partial charge in [-0.05, 0) is 29.2 Å². The zero-order valence-corrected chi connectivity index (χ0v) is 26.7. The highest BCUT2D eigenvalue weighted by atomic mass is 16.6. The summed E-state index contributed by atoms with van der Waals surface area (Å²) in [5, 5.41) is 0. The first-order chi connectivity index (χ1) is 23.1. The van der Waals surface area contributed by atoms with Crippen molar-refractivity contribution in [2.75, 3.05) is 13.2 Å². The number of carbonyl (C=O) groups excluding carboxylic acids is 1. The SMILES string of the molecule is CCOC(=O)/C=C(/N)[C@@H]1O[C@H](COCc2ccccc2)[C@H](OCc2ccccc2)[C@H](OCc2ccccc2)[C@H]1OCc1ccccc1. The molecule has 5 rings (SSSR count). The first-order valence-corrected chi connectivity index (χ1v) is 16.0. The summed E-state index contributed by atoms with van der Waals surface area (Å²) in [5.41, 5.74) is 10.8. The average molecular weight is 638 g/mol. The highest BCUT2D eigenvalue weighted by Crippen LogP contribution is 2.33. The lowest BCUT2D eigenvalue weighted by molar-refractivity contribution is -0.265. The fraction of sp³-hybridized carbons (Fsp3) is 0.308. The summed E-state index contributed by atoms with van der Waals surface area (Å²) in [5.74, 6) is -0.559. The van der Waals surface area contributed by atoms with Crippen LogP contribution in [-0.4, -0.2) is 49.7 Å². The maximum Gasteiger partial charge on any atom is 0.332 e. The minimum atomic E-state index is -0.856. The van der Waals surface area contributed by atoms with E-state index in [4.69, 9.17) is 34.2 Å². The van der Waals surface area contributed by atoms with Gasteiger partial charge in [-0.3, -0.25) is 0 Å². The Hall–Kier alpha value is -4.31. The largest absolute Gasteiger partial charge is 0.463 e. The lowest BCUT2D eigenvalue weighted by atomic mass is 9.92. The summed E-state index contributed by atoms with van der Waals surface area (Å²) >= 11 is 0. The van der Waals surface area contributed by atoms with Gasteiger partial charge in [0.25, 0.3) is 0 Å². The van der Waals surface area contributed by atoms with Crippen molar-refractivity contribution in [1.82, 2.24) is 0 Å². The molecule has 8 heteroatoms. The standard InChI is InChI=1S/C39H43NO7/c1-2-43-35(41)23-33(40)36-38(45-26-31-19-11-5-12-20-31)39(46-27-32-21-13-6-14-22-32)37(44-25-30-17-9-4-10-18-30)34(47-36)28-42-24-29-15-7-3-8-16-29/h3-23,34,36-39H,2,24-28,40H2,1H3/b33-23+/t34-,36+,37+,38+,39+/m1/s1. The summed E-state index contributed by atoms with van der Waals surface area (Å²) in [4.78, 5) is 12.6. The molecule has 4 aromatic rings. The number of rotatable bonds is 16. The minimum Gasteiger partial charge on any atom is -0.463 e. The maximum absolute atomic E-state index is 12.6. The molecule has 0 unspecified atom stereocenters. The number of carbonyl (C=O) groups is 1. The van der Waals surface area contributed by atoms with E-state index >= 15 is 0 Å². The van der Waals surface area contributed by atoms with Gasteiger partial charge < -0.3 is 34.2 Å². The molecule has 0 radical (unpaired) electrons. The van der Waals surface area contributed by atoms with Gasteiger partial charge in [0.2, 0.25) is 0 Å². The van der Waals surface area contributed by atoms with Gasteiger partial charge in [-0.25, -0.2) is 4.79 Å². The van der Waals surface area contributed by atoms with E-state index in [1.54, 1.807) is 6.92 Å². The van der Waals surface area contributed by atoms with Crippen molar-refractivity contribution in [2.24, 2.45) is 5.73 Å². The normalized spacial score (nSPS) is 21.3. The topological polar surface area (TPSA) is 98.5 Å². The Morgan fingerprint density at radius 3 is 1.53 bits per heavy atom. The van der Waals surface area contributed by atoms with E-state index in [2.05, 4.69) is 0 Å². The average Bonchev–Trinajstić information content (AvgIpc) is 3.11. The van der Waals surface area contributed by atoms with Gasteiger partial charge in [0.05, 0.1) is 39.6 Å². The van der Waals surface area contributed by atoms with Crippen molar-refractivity contribution in [3.63, 3.8) is 0 Å². The Morgan fingerprint density at radius 2 is 1.06 bits per heavy atom. The second kappa shape index (κ2) is 18.1. The van der Waals surface area contributed by atoms with Gasteiger partial charge in [-0.1, -0.05) is 121 Å². The smallest absolute Gasteiger partial charge is 0.332 e. The van der Waals surface area contributed by atoms with Crippen molar-refractivity contribution in [3.05, 3.63) is 155 Å². The van der Waals surface area contributed by atoms with E-state index in [0.717, 1.165) is 22.3 Å². The van der Waals surface area contributed by atoms with Gasteiger partial charge in [0, 0.05) is 11.8 Å². The van der Waals surface area contributed by atoms with E-state index < -0.39 is 36.5 Å². The number of hydrogen-bond donors (Lipinski definition) is 1. The quantitative estimate of drug-likeness (QED) is 0.116. The Morgan fingerprint density at radius 1 is 0.638 bits per heavy atom. The number of esters is 1. The van der Waals surface area contributed by atoms with Gasteiger partial charge in [-0.2, -0.15) is 0 Å². The molecule has 1 heterocycles. The number of ether oxygens (including phenoxy) is 6. The highest BCUT2D eigenvalue weighted by molar-refractivity contribution is 5.82. The molecule has 47 heavy (non-hydrogen) atoms. The summed E-state index contributed by atoms with van der Waals surface area (Å²) in [7, 11) is 0. The molecule has 0 aliphatic carbocycles. The summed E-state index contributed by atoms with van der Waals surface area (Å²) in [6.45, 7) is 3.42. The van der Waals surface area contributed by atoms with Crippen LogP contribution in [0.2, 0.25) is 0 Å². The third-order valence-electron chi connectivity index (χ3n) is 7.78. The number of hydrogen-bond acceptors (Lipinski definition) is 8. The molecule has 246 valence electrons. The fourth-order valence-corrected chi connectivity index (χ4v) is 5.46. The Labute approximate surface area is 277 Å². The Bertz CT molecular complexity index is 1500. The second-order valence-corrected chi connectivity index (χ2v) is 11.3. The van der Waals surface area contributed by atoms with Crippen LogP contribution < -0.4 is 5.73 Å². The minimum absolute atomic E-state index is 0.171. The molecule has 2 N–H and O–H groups in total. The Kier molecular flexibility index (Phi) is 13.1. The van der Waals surface area contributed by atoms with E-state index in [-0.39, 0.29) is 25.5 Å². The fourth-order valence-electron chi connectivity index (χ4n) is 5.46. The lowest BCUT2D eigenvalue weighted by Gasteiger charge is -2.46. The first-order valence-electron chi connectivity index (χ1n) is 16.0. The summed E-state index contributed by atoms with van der Waals surface area (Å²) in [6, 6.07) is 39.6. The van der Waals surface area contributed by atoms with Crippen LogP contribution in [0.1, 0.15) is 29.2 Å². The van der Waals surface area contributed by atoms with Crippen molar-refractivity contribution >= 4 is 5.97 Å². The maximum atomic E-state index is 12.6. The van der Waals surface area contributed by atoms with Gasteiger partial charge in [0.15, 0.2) is 0 Å². The molecule has 1 fully saturated rings. The lowest BCUT2D eigenvalue weighted by Crippen LogP contribution is -2.62. The molecule has 5 atom stereocenters. The molecule has 0 bridgehead atoms. The summed E-state index contributed by atoms with van der Waals surface area (Å²) in [6.07, 6.45) is -2.21. The van der Waals surface area contributed by atoms with Crippen LogP contribution in [0.15, 0.2) is 133 Å². The van der Waals surface area contributed by atoms with E-state index in [0.29, 0.717) is 19.8 Å². The monoisotopic (exact) mass is 637 g/mol. The molecular formula is C39H43NO7. The third kappa shape index (κ3) is 10.3. The van der Waals surface area contributed by atoms with Crippen LogP contribution in [-0.2, 0) is 59.6 Å². The van der Waals surface area contributed by atoms with Crippen molar-refractivity contribution in [3.8, 4) is 0 Å². The zero-order chi connectivity index (χ0) is 32.7. The molecule has 8 nitrogen and oxygen atoms in total. The predicted octanol–water partition coefficient (Wildman–Crippen LogP) is 6.13. The first kappa shape index (κ1) is 34.0. The van der Waals surface area contributed by atoms with Gasteiger partial charge in [-0.15, -0.1) is 0 Å². The van der Waals surface area contributed by atoms with E-state index in [1.165, 1.54) is 6.08 Å². The second-order valence-electron chi connectivity index (χ2n) is 11.3.